The van der Waals surface area contributed by atoms with Crippen molar-refractivity contribution in [3.05, 3.63) is 34.3 Å². The zero-order valence-electron chi connectivity index (χ0n) is 10.9. The highest BCUT2D eigenvalue weighted by molar-refractivity contribution is 9.10. The lowest BCUT2D eigenvalue weighted by Gasteiger charge is -2.28. The molecule has 1 aromatic carbocycles. The van der Waals surface area contributed by atoms with Crippen LogP contribution in [0.4, 0.5) is 0 Å². The summed E-state index contributed by atoms with van der Waals surface area (Å²) in [6.45, 7) is 7.05. The average Bonchev–Trinajstić information content (AvgIpc) is 2.45. The van der Waals surface area contributed by atoms with E-state index in [4.69, 9.17) is 0 Å². The van der Waals surface area contributed by atoms with Crippen molar-refractivity contribution in [1.82, 2.24) is 10.2 Å². The van der Waals surface area contributed by atoms with Crippen LogP contribution in [-0.2, 0) is 11.3 Å². The van der Waals surface area contributed by atoms with Gasteiger partial charge < -0.3 is 10.2 Å². The number of hydrogen-bond acceptors (Lipinski definition) is 2. The summed E-state index contributed by atoms with van der Waals surface area (Å²) < 4.78 is 1.06. The third-order valence-electron chi connectivity index (χ3n) is 3.31. The molecule has 98 valence electrons. The van der Waals surface area contributed by atoms with Crippen LogP contribution >= 0.6 is 15.9 Å². The molecule has 0 radical (unpaired) electrons. The fourth-order valence-electron chi connectivity index (χ4n) is 2.20. The van der Waals surface area contributed by atoms with Crippen molar-refractivity contribution in [3.63, 3.8) is 0 Å². The topological polar surface area (TPSA) is 32.3 Å². The van der Waals surface area contributed by atoms with Gasteiger partial charge in [-0.05, 0) is 25.5 Å². The monoisotopic (exact) mass is 310 g/mol. The molecule has 1 saturated heterocycles. The summed E-state index contributed by atoms with van der Waals surface area (Å²) in [6.07, 6.45) is 0. The van der Waals surface area contributed by atoms with Gasteiger partial charge in [0.15, 0.2) is 0 Å². The lowest BCUT2D eigenvalue weighted by atomic mass is 9.92. The second-order valence-electron chi connectivity index (χ2n) is 5.38. The highest BCUT2D eigenvalue weighted by Gasteiger charge is 2.33. The van der Waals surface area contributed by atoms with Crippen LogP contribution < -0.4 is 5.32 Å². The Morgan fingerprint density at radius 1 is 1.39 bits per heavy atom. The van der Waals surface area contributed by atoms with Crippen molar-refractivity contribution in [1.29, 1.82) is 0 Å². The van der Waals surface area contributed by atoms with E-state index in [9.17, 15) is 4.79 Å². The first-order valence-electron chi connectivity index (χ1n) is 6.24. The van der Waals surface area contributed by atoms with Gasteiger partial charge in [-0.2, -0.15) is 0 Å². The van der Waals surface area contributed by atoms with E-state index in [-0.39, 0.29) is 11.3 Å². The second-order valence-corrected chi connectivity index (χ2v) is 6.23. The Labute approximate surface area is 117 Å². The third-order valence-corrected chi connectivity index (χ3v) is 4.08. The van der Waals surface area contributed by atoms with Crippen molar-refractivity contribution in [2.45, 2.75) is 20.4 Å². The lowest BCUT2D eigenvalue weighted by Crippen LogP contribution is -2.41. The van der Waals surface area contributed by atoms with Gasteiger partial charge in [-0.3, -0.25) is 4.79 Å². The Morgan fingerprint density at radius 3 is 2.83 bits per heavy atom. The molecule has 0 aliphatic carbocycles. The van der Waals surface area contributed by atoms with Crippen molar-refractivity contribution >= 4 is 21.8 Å². The van der Waals surface area contributed by atoms with Gasteiger partial charge in [-0.15, -0.1) is 0 Å². The Bertz CT molecular complexity index is 445. The van der Waals surface area contributed by atoms with Gasteiger partial charge in [0.05, 0.1) is 5.41 Å². The van der Waals surface area contributed by atoms with Crippen LogP contribution in [0.1, 0.15) is 19.4 Å². The van der Waals surface area contributed by atoms with Gasteiger partial charge in [-0.25, -0.2) is 0 Å². The van der Waals surface area contributed by atoms with Gasteiger partial charge in [-0.1, -0.05) is 34.1 Å². The van der Waals surface area contributed by atoms with Crippen LogP contribution in [0.5, 0.6) is 0 Å². The first-order valence-corrected chi connectivity index (χ1v) is 7.03. The molecule has 3 nitrogen and oxygen atoms in total. The van der Waals surface area contributed by atoms with Gasteiger partial charge >= 0.3 is 0 Å². The molecule has 1 aliphatic rings. The summed E-state index contributed by atoms with van der Waals surface area (Å²) >= 11 is 3.54. The summed E-state index contributed by atoms with van der Waals surface area (Å²) in [5.41, 5.74) is 0.834. The van der Waals surface area contributed by atoms with Crippen molar-refractivity contribution in [2.24, 2.45) is 5.41 Å². The quantitative estimate of drug-likeness (QED) is 0.910. The Kier molecular flexibility index (Phi) is 4.07. The molecule has 0 bridgehead atoms. The molecular weight excluding hydrogens is 292 g/mol. The number of nitrogens with zero attached hydrogens (tertiary/aromatic N) is 1. The average molecular weight is 311 g/mol. The number of carbonyl (C=O) groups is 1. The summed E-state index contributed by atoms with van der Waals surface area (Å²) in [7, 11) is 0. The molecule has 0 spiro atoms. The second kappa shape index (κ2) is 5.41. The summed E-state index contributed by atoms with van der Waals surface area (Å²) in [4.78, 5) is 14.4. The number of halogens is 1. The summed E-state index contributed by atoms with van der Waals surface area (Å²) in [6, 6.07) is 8.07. The Balaban J connectivity index is 2.17. The normalized spacial score (nSPS) is 19.7. The molecule has 1 N–H and O–H groups in total. The number of benzene rings is 1. The number of amides is 1. The lowest BCUT2D eigenvalue weighted by molar-refractivity contribution is -0.139. The van der Waals surface area contributed by atoms with Crippen molar-refractivity contribution in [2.75, 3.05) is 19.6 Å². The predicted octanol–water partition coefficient (Wildman–Crippen LogP) is 2.41. The molecule has 1 amide bonds. The molecule has 0 unspecified atom stereocenters. The molecular formula is C14H19BrN2O. The van der Waals surface area contributed by atoms with Gasteiger partial charge in [0.2, 0.25) is 5.91 Å². The minimum absolute atomic E-state index is 0.225. The predicted molar refractivity (Wildman–Crippen MR) is 76.2 cm³/mol. The molecule has 18 heavy (non-hydrogen) atoms. The van der Waals surface area contributed by atoms with Crippen LogP contribution in [-0.4, -0.2) is 30.4 Å². The van der Waals surface area contributed by atoms with Crippen LogP contribution in [0.15, 0.2) is 28.7 Å². The van der Waals surface area contributed by atoms with E-state index >= 15 is 0 Å². The van der Waals surface area contributed by atoms with Crippen LogP contribution in [0.2, 0.25) is 0 Å². The maximum absolute atomic E-state index is 12.5. The summed E-state index contributed by atoms with van der Waals surface area (Å²) in [5, 5.41) is 3.32. The molecule has 0 atom stereocenters. The minimum atomic E-state index is -0.322. The van der Waals surface area contributed by atoms with Crippen molar-refractivity contribution in [3.8, 4) is 0 Å². The first-order chi connectivity index (χ1) is 8.50. The molecule has 0 aromatic heterocycles. The van der Waals surface area contributed by atoms with E-state index in [1.807, 2.05) is 36.9 Å². The standard InChI is InChI=1S/C14H19BrN2O/c1-14(2)10-16-7-8-17(13(14)18)9-11-5-3-4-6-12(11)15/h3-6,16H,7-10H2,1-2H3. The zero-order valence-corrected chi connectivity index (χ0v) is 12.5. The van der Waals surface area contributed by atoms with E-state index in [1.54, 1.807) is 0 Å². The highest BCUT2D eigenvalue weighted by Crippen LogP contribution is 2.23. The molecule has 4 heteroatoms. The SMILES string of the molecule is CC1(C)CNCCN(Cc2ccccc2Br)C1=O. The van der Waals surface area contributed by atoms with Gasteiger partial charge in [0, 0.05) is 30.7 Å². The minimum Gasteiger partial charge on any atom is -0.337 e. The maximum Gasteiger partial charge on any atom is 0.229 e. The number of carbonyl (C=O) groups excluding carboxylic acids is 1. The molecule has 1 fully saturated rings. The molecule has 0 saturated carbocycles. The van der Waals surface area contributed by atoms with Crippen LogP contribution in [0, 0.1) is 5.41 Å². The van der Waals surface area contributed by atoms with E-state index in [0.717, 1.165) is 29.7 Å². The van der Waals surface area contributed by atoms with E-state index in [0.29, 0.717) is 6.54 Å². The van der Waals surface area contributed by atoms with Crippen LogP contribution in [0.3, 0.4) is 0 Å². The largest absolute Gasteiger partial charge is 0.337 e. The van der Waals surface area contributed by atoms with E-state index in [2.05, 4.69) is 27.3 Å². The van der Waals surface area contributed by atoms with E-state index < -0.39 is 0 Å². The molecule has 1 heterocycles. The highest BCUT2D eigenvalue weighted by atomic mass is 79.9. The van der Waals surface area contributed by atoms with Crippen molar-refractivity contribution < 1.29 is 4.79 Å². The summed E-state index contributed by atoms with van der Waals surface area (Å²) in [5.74, 6) is 0.225. The molecule has 1 aliphatic heterocycles. The number of rotatable bonds is 2. The van der Waals surface area contributed by atoms with Gasteiger partial charge in [0.25, 0.3) is 0 Å². The molecule has 1 aromatic rings. The number of nitrogens with one attached hydrogen (secondary N) is 1. The first kappa shape index (κ1) is 13.6. The maximum atomic E-state index is 12.5. The Morgan fingerprint density at radius 2 is 2.11 bits per heavy atom. The van der Waals surface area contributed by atoms with Crippen LogP contribution in [0.25, 0.3) is 0 Å². The third kappa shape index (κ3) is 2.93. The number of hydrogen-bond donors (Lipinski definition) is 1. The smallest absolute Gasteiger partial charge is 0.229 e. The zero-order chi connectivity index (χ0) is 13.2. The Hall–Kier alpha value is -0.870. The van der Waals surface area contributed by atoms with Gasteiger partial charge in [0.1, 0.15) is 0 Å². The fourth-order valence-corrected chi connectivity index (χ4v) is 2.61. The fraction of sp³-hybridized carbons (Fsp3) is 0.500. The van der Waals surface area contributed by atoms with E-state index in [1.165, 1.54) is 0 Å². The molecule has 2 rings (SSSR count).